The Balaban J connectivity index is 4.07. The number of hydrogen-bond donors (Lipinski definition) is 3. The fraction of sp³-hybridized carbons (Fsp3) is 1.00. The van der Waals surface area contributed by atoms with Crippen molar-refractivity contribution in [2.24, 2.45) is 17.4 Å². The largest absolute Gasteiger partial charge is 0.327 e. The minimum Gasteiger partial charge on any atom is -0.327 e. The molecule has 0 fully saturated rings. The third kappa shape index (κ3) is 10.2. The fourth-order valence-corrected chi connectivity index (χ4v) is 1.80. The van der Waals surface area contributed by atoms with Crippen LogP contribution < -0.4 is 16.8 Å². The molecule has 0 saturated carbocycles. The maximum atomic E-state index is 6.05. The van der Waals surface area contributed by atoms with E-state index in [-0.39, 0.29) is 11.6 Å². The minimum absolute atomic E-state index is 0.107. The molecule has 2 atom stereocenters. The van der Waals surface area contributed by atoms with Crippen LogP contribution >= 0.6 is 0 Å². The quantitative estimate of drug-likeness (QED) is 0.602. The van der Waals surface area contributed by atoms with Gasteiger partial charge < -0.3 is 16.8 Å². The molecular weight excluding hydrogens is 186 g/mol. The highest BCUT2D eigenvalue weighted by Gasteiger charge is 2.19. The van der Waals surface area contributed by atoms with Crippen molar-refractivity contribution in [3.63, 3.8) is 0 Å². The normalized spacial score (nSPS) is 16.8. The number of nitrogens with two attached hydrogens (primary N) is 2. The molecule has 3 heteroatoms. The van der Waals surface area contributed by atoms with Gasteiger partial charge in [-0.2, -0.15) is 0 Å². The summed E-state index contributed by atoms with van der Waals surface area (Å²) >= 11 is 0. The van der Waals surface area contributed by atoms with Gasteiger partial charge in [0, 0.05) is 24.2 Å². The fourth-order valence-electron chi connectivity index (χ4n) is 1.80. The van der Waals surface area contributed by atoms with Crippen molar-refractivity contribution in [1.29, 1.82) is 0 Å². The molecule has 3 nitrogen and oxygen atoms in total. The Hall–Kier alpha value is -0.120. The molecule has 0 aliphatic heterocycles. The second-order valence-corrected chi connectivity index (χ2v) is 5.90. The lowest BCUT2D eigenvalue weighted by Gasteiger charge is -2.28. The lowest BCUT2D eigenvalue weighted by atomic mass is 9.91. The topological polar surface area (TPSA) is 64.1 Å². The molecular formula is C12H29N3. The summed E-state index contributed by atoms with van der Waals surface area (Å²) in [6, 6.07) is 0.691. The smallest absolute Gasteiger partial charge is 0.0136 e. The van der Waals surface area contributed by atoms with E-state index >= 15 is 0 Å². The van der Waals surface area contributed by atoms with Gasteiger partial charge in [-0.25, -0.2) is 0 Å². The van der Waals surface area contributed by atoms with Crippen LogP contribution in [0.15, 0.2) is 0 Å². The van der Waals surface area contributed by atoms with Crippen LogP contribution in [-0.4, -0.2) is 24.2 Å². The SMILES string of the molecule is CC(C)CC(CC(C)(C)N)NCC(C)N. The maximum absolute atomic E-state index is 6.05. The van der Waals surface area contributed by atoms with Gasteiger partial charge >= 0.3 is 0 Å². The van der Waals surface area contributed by atoms with Crippen LogP contribution in [0.25, 0.3) is 0 Å². The van der Waals surface area contributed by atoms with E-state index in [1.54, 1.807) is 0 Å². The van der Waals surface area contributed by atoms with E-state index in [9.17, 15) is 0 Å². The summed E-state index contributed by atoms with van der Waals surface area (Å²) in [5, 5.41) is 3.50. The van der Waals surface area contributed by atoms with Gasteiger partial charge in [-0.05, 0) is 39.5 Å². The Morgan fingerprint density at radius 3 is 2.07 bits per heavy atom. The molecule has 0 aromatic heterocycles. The second kappa shape index (κ2) is 6.46. The van der Waals surface area contributed by atoms with Crippen molar-refractivity contribution >= 4 is 0 Å². The third-order valence-corrected chi connectivity index (χ3v) is 2.26. The van der Waals surface area contributed by atoms with Crippen molar-refractivity contribution in [3.05, 3.63) is 0 Å². The average Bonchev–Trinajstić information content (AvgIpc) is 1.95. The summed E-state index contributed by atoms with van der Waals surface area (Å²) in [7, 11) is 0. The molecule has 0 heterocycles. The van der Waals surface area contributed by atoms with Crippen LogP contribution in [-0.2, 0) is 0 Å². The van der Waals surface area contributed by atoms with Crippen LogP contribution in [0.5, 0.6) is 0 Å². The summed E-state index contributed by atoms with van der Waals surface area (Å²) in [6.45, 7) is 11.5. The average molecular weight is 215 g/mol. The van der Waals surface area contributed by atoms with Gasteiger partial charge in [0.15, 0.2) is 0 Å². The van der Waals surface area contributed by atoms with E-state index in [2.05, 4.69) is 33.0 Å². The highest BCUT2D eigenvalue weighted by Crippen LogP contribution is 2.14. The molecule has 0 saturated heterocycles. The zero-order valence-electron chi connectivity index (χ0n) is 11.0. The Morgan fingerprint density at radius 1 is 1.20 bits per heavy atom. The lowest BCUT2D eigenvalue weighted by molar-refractivity contribution is 0.327. The molecule has 0 bridgehead atoms. The Kier molecular flexibility index (Phi) is 6.41. The summed E-state index contributed by atoms with van der Waals surface area (Å²) < 4.78 is 0. The monoisotopic (exact) mass is 215 g/mol. The van der Waals surface area contributed by atoms with E-state index in [0.717, 1.165) is 19.4 Å². The summed E-state index contributed by atoms with van der Waals surface area (Å²) in [4.78, 5) is 0. The zero-order chi connectivity index (χ0) is 12.1. The molecule has 0 radical (unpaired) electrons. The van der Waals surface area contributed by atoms with E-state index in [1.165, 1.54) is 0 Å². The first-order valence-corrected chi connectivity index (χ1v) is 5.98. The standard InChI is InChI=1S/C12H29N3/c1-9(2)6-11(7-12(4,5)14)15-8-10(3)13/h9-11,15H,6-8,13-14H2,1-5H3. The second-order valence-electron chi connectivity index (χ2n) is 5.90. The molecule has 92 valence electrons. The van der Waals surface area contributed by atoms with Gasteiger partial charge in [0.25, 0.3) is 0 Å². The van der Waals surface area contributed by atoms with Crippen LogP contribution in [0.3, 0.4) is 0 Å². The molecule has 2 unspecified atom stereocenters. The van der Waals surface area contributed by atoms with Crippen molar-refractivity contribution in [2.45, 2.75) is 65.1 Å². The first-order chi connectivity index (χ1) is 6.70. The summed E-state index contributed by atoms with van der Waals surface area (Å²) in [5.41, 5.74) is 11.7. The molecule has 0 spiro atoms. The van der Waals surface area contributed by atoms with Gasteiger partial charge in [0.05, 0.1) is 0 Å². The van der Waals surface area contributed by atoms with E-state index in [0.29, 0.717) is 12.0 Å². The van der Waals surface area contributed by atoms with Crippen LogP contribution in [0.1, 0.15) is 47.5 Å². The molecule has 0 aromatic carbocycles. The zero-order valence-corrected chi connectivity index (χ0v) is 11.0. The van der Waals surface area contributed by atoms with Gasteiger partial charge in [0.2, 0.25) is 0 Å². The predicted octanol–water partition coefficient (Wildman–Crippen LogP) is 1.47. The van der Waals surface area contributed by atoms with Gasteiger partial charge in [0.1, 0.15) is 0 Å². The Bertz CT molecular complexity index is 159. The van der Waals surface area contributed by atoms with Crippen molar-refractivity contribution < 1.29 is 0 Å². The molecule has 0 amide bonds. The highest BCUT2D eigenvalue weighted by atomic mass is 14.9. The maximum Gasteiger partial charge on any atom is 0.0136 e. The van der Waals surface area contributed by atoms with Crippen molar-refractivity contribution in [3.8, 4) is 0 Å². The summed E-state index contributed by atoms with van der Waals surface area (Å²) in [5.74, 6) is 0.693. The minimum atomic E-state index is -0.107. The summed E-state index contributed by atoms with van der Waals surface area (Å²) in [6.07, 6.45) is 2.16. The lowest BCUT2D eigenvalue weighted by Crippen LogP contribution is -2.45. The third-order valence-electron chi connectivity index (χ3n) is 2.26. The van der Waals surface area contributed by atoms with Crippen molar-refractivity contribution in [2.75, 3.05) is 6.54 Å². The molecule has 0 aliphatic rings. The van der Waals surface area contributed by atoms with E-state index < -0.39 is 0 Å². The van der Waals surface area contributed by atoms with Gasteiger partial charge in [-0.1, -0.05) is 13.8 Å². The highest BCUT2D eigenvalue weighted by molar-refractivity contribution is 4.82. The van der Waals surface area contributed by atoms with Crippen LogP contribution in [0, 0.1) is 5.92 Å². The number of nitrogens with one attached hydrogen (secondary N) is 1. The molecule has 15 heavy (non-hydrogen) atoms. The van der Waals surface area contributed by atoms with Gasteiger partial charge in [-0.3, -0.25) is 0 Å². The molecule has 5 N–H and O–H groups in total. The van der Waals surface area contributed by atoms with Crippen LogP contribution in [0.2, 0.25) is 0 Å². The molecule has 0 aromatic rings. The van der Waals surface area contributed by atoms with E-state index in [4.69, 9.17) is 11.5 Å². The first kappa shape index (κ1) is 14.9. The first-order valence-electron chi connectivity index (χ1n) is 5.98. The van der Waals surface area contributed by atoms with Gasteiger partial charge in [-0.15, -0.1) is 0 Å². The Morgan fingerprint density at radius 2 is 1.73 bits per heavy atom. The molecule has 0 rings (SSSR count). The van der Waals surface area contributed by atoms with E-state index in [1.807, 2.05) is 6.92 Å². The Labute approximate surface area is 95.0 Å². The number of rotatable bonds is 7. The van der Waals surface area contributed by atoms with Crippen LogP contribution in [0.4, 0.5) is 0 Å². The van der Waals surface area contributed by atoms with Crippen molar-refractivity contribution in [1.82, 2.24) is 5.32 Å². The molecule has 0 aliphatic carbocycles. The predicted molar refractivity (Wildman–Crippen MR) is 67.8 cm³/mol. The number of hydrogen-bond acceptors (Lipinski definition) is 3.